The van der Waals surface area contributed by atoms with E-state index in [9.17, 15) is 9.18 Å². The topological polar surface area (TPSA) is 70.7 Å². The molecule has 0 saturated carbocycles. The first-order chi connectivity index (χ1) is 10.2. The van der Waals surface area contributed by atoms with Crippen molar-refractivity contribution < 1.29 is 9.18 Å². The second kappa shape index (κ2) is 5.92. The number of benzene rings is 1. The zero-order valence-electron chi connectivity index (χ0n) is 10.8. The van der Waals surface area contributed by atoms with Gasteiger partial charge in [-0.25, -0.2) is 9.37 Å². The average molecular weight is 302 g/mol. The van der Waals surface area contributed by atoms with Crippen LogP contribution in [-0.4, -0.2) is 26.6 Å². The summed E-state index contributed by atoms with van der Waals surface area (Å²) in [5, 5.41) is 3.15. The SMILES string of the molecule is O=C(CSc1nc2ccncc2[nH]1)Nc1ccccc1F. The van der Waals surface area contributed by atoms with Crippen molar-refractivity contribution in [3.05, 3.63) is 48.5 Å². The Morgan fingerprint density at radius 3 is 3.00 bits per heavy atom. The third kappa shape index (κ3) is 3.19. The summed E-state index contributed by atoms with van der Waals surface area (Å²) in [4.78, 5) is 23.2. The Bertz CT molecular complexity index is 756. The number of carbonyl (C=O) groups is 1. The summed E-state index contributed by atoms with van der Waals surface area (Å²) in [7, 11) is 0. The number of carbonyl (C=O) groups excluding carboxylic acids is 1. The van der Waals surface area contributed by atoms with E-state index in [1.807, 2.05) is 0 Å². The molecule has 2 heterocycles. The van der Waals surface area contributed by atoms with Crippen LogP contribution < -0.4 is 5.32 Å². The first kappa shape index (κ1) is 13.6. The minimum absolute atomic E-state index is 0.140. The Morgan fingerprint density at radius 2 is 2.19 bits per heavy atom. The fraction of sp³-hybridized carbons (Fsp3) is 0.0714. The molecule has 0 radical (unpaired) electrons. The number of fused-ring (bicyclic) bond motifs is 1. The predicted molar refractivity (Wildman–Crippen MR) is 79.6 cm³/mol. The molecule has 3 rings (SSSR count). The van der Waals surface area contributed by atoms with Crippen molar-refractivity contribution >= 4 is 34.4 Å². The lowest BCUT2D eigenvalue weighted by molar-refractivity contribution is -0.113. The number of rotatable bonds is 4. The Balaban J connectivity index is 1.62. The molecule has 3 aromatic rings. The second-order valence-electron chi connectivity index (χ2n) is 4.25. The molecular weight excluding hydrogens is 291 g/mol. The fourth-order valence-electron chi connectivity index (χ4n) is 1.78. The molecule has 2 aromatic heterocycles. The van der Waals surface area contributed by atoms with Gasteiger partial charge in [0.15, 0.2) is 5.16 Å². The highest BCUT2D eigenvalue weighted by Crippen LogP contribution is 2.19. The molecule has 1 amide bonds. The standard InChI is InChI=1S/C14H11FN4OS/c15-9-3-1-2-4-10(9)17-13(20)8-21-14-18-11-5-6-16-7-12(11)19-14/h1-7H,8H2,(H,17,20)(H,18,19). The lowest BCUT2D eigenvalue weighted by Crippen LogP contribution is -2.15. The monoisotopic (exact) mass is 302 g/mol. The molecule has 0 unspecified atom stereocenters. The number of H-pyrrole nitrogens is 1. The van der Waals surface area contributed by atoms with Gasteiger partial charge in [0.2, 0.25) is 5.91 Å². The van der Waals surface area contributed by atoms with Gasteiger partial charge in [0.05, 0.1) is 28.7 Å². The molecule has 0 spiro atoms. The van der Waals surface area contributed by atoms with Crippen LogP contribution >= 0.6 is 11.8 Å². The Labute approximate surface area is 124 Å². The molecule has 5 nitrogen and oxygen atoms in total. The fourth-order valence-corrected chi connectivity index (χ4v) is 2.47. The molecule has 0 aliphatic rings. The number of nitrogens with one attached hydrogen (secondary N) is 2. The van der Waals surface area contributed by atoms with Crippen molar-refractivity contribution in [1.29, 1.82) is 0 Å². The Hall–Kier alpha value is -2.41. The molecular formula is C14H11FN4OS. The van der Waals surface area contributed by atoms with Crippen molar-refractivity contribution in [1.82, 2.24) is 15.0 Å². The Kier molecular flexibility index (Phi) is 3.83. The predicted octanol–water partition coefficient (Wildman–Crippen LogP) is 2.83. The molecule has 0 bridgehead atoms. The summed E-state index contributed by atoms with van der Waals surface area (Å²) in [6.45, 7) is 0. The number of nitrogens with zero attached hydrogens (tertiary/aromatic N) is 2. The van der Waals surface area contributed by atoms with Crippen LogP contribution in [0.15, 0.2) is 47.9 Å². The van der Waals surface area contributed by atoms with Gasteiger partial charge in [-0.3, -0.25) is 9.78 Å². The van der Waals surface area contributed by atoms with Gasteiger partial charge in [0.1, 0.15) is 5.82 Å². The Morgan fingerprint density at radius 1 is 1.33 bits per heavy atom. The van der Waals surface area contributed by atoms with Crippen LogP contribution in [-0.2, 0) is 4.79 Å². The minimum atomic E-state index is -0.453. The maximum absolute atomic E-state index is 13.4. The summed E-state index contributed by atoms with van der Waals surface area (Å²) in [5.74, 6) is -0.601. The summed E-state index contributed by atoms with van der Waals surface area (Å²) in [6, 6.07) is 7.84. The molecule has 1 aromatic carbocycles. The molecule has 0 atom stereocenters. The molecule has 2 N–H and O–H groups in total. The first-order valence-corrected chi connectivity index (χ1v) is 7.18. The van der Waals surface area contributed by atoms with E-state index in [1.54, 1.807) is 30.6 Å². The molecule has 7 heteroatoms. The number of thioether (sulfide) groups is 1. The van der Waals surface area contributed by atoms with E-state index in [-0.39, 0.29) is 17.3 Å². The highest BCUT2D eigenvalue weighted by molar-refractivity contribution is 7.99. The number of imidazole rings is 1. The molecule has 106 valence electrons. The van der Waals surface area contributed by atoms with E-state index in [2.05, 4.69) is 20.3 Å². The quantitative estimate of drug-likeness (QED) is 0.727. The third-order valence-corrected chi connectivity index (χ3v) is 3.62. The highest BCUT2D eigenvalue weighted by atomic mass is 32.2. The van der Waals surface area contributed by atoms with Crippen LogP contribution in [0.2, 0.25) is 0 Å². The minimum Gasteiger partial charge on any atom is -0.332 e. The second-order valence-corrected chi connectivity index (χ2v) is 5.22. The average Bonchev–Trinajstić information content (AvgIpc) is 2.90. The smallest absolute Gasteiger partial charge is 0.234 e. The molecule has 0 saturated heterocycles. The van der Waals surface area contributed by atoms with Crippen LogP contribution in [0.1, 0.15) is 0 Å². The van der Waals surface area contributed by atoms with Crippen LogP contribution in [0.5, 0.6) is 0 Å². The zero-order chi connectivity index (χ0) is 14.7. The molecule has 0 aliphatic heterocycles. The maximum Gasteiger partial charge on any atom is 0.234 e. The van der Waals surface area contributed by atoms with Gasteiger partial charge in [0, 0.05) is 6.20 Å². The van der Waals surface area contributed by atoms with E-state index in [4.69, 9.17) is 0 Å². The van der Waals surface area contributed by atoms with Gasteiger partial charge in [-0.05, 0) is 18.2 Å². The van der Waals surface area contributed by atoms with Crippen LogP contribution in [0.4, 0.5) is 10.1 Å². The van der Waals surface area contributed by atoms with Crippen molar-refractivity contribution in [2.45, 2.75) is 5.16 Å². The number of hydrogen-bond donors (Lipinski definition) is 2. The first-order valence-electron chi connectivity index (χ1n) is 6.19. The summed E-state index contributed by atoms with van der Waals surface area (Å²) >= 11 is 1.25. The van der Waals surface area contributed by atoms with Gasteiger partial charge in [-0.2, -0.15) is 0 Å². The maximum atomic E-state index is 13.4. The zero-order valence-corrected chi connectivity index (χ0v) is 11.7. The van der Waals surface area contributed by atoms with Gasteiger partial charge in [-0.1, -0.05) is 23.9 Å². The van der Waals surface area contributed by atoms with Gasteiger partial charge >= 0.3 is 0 Å². The van der Waals surface area contributed by atoms with E-state index < -0.39 is 5.82 Å². The van der Waals surface area contributed by atoms with Gasteiger partial charge in [0.25, 0.3) is 0 Å². The lowest BCUT2D eigenvalue weighted by Gasteiger charge is -2.04. The number of aromatic amines is 1. The van der Waals surface area contributed by atoms with E-state index in [1.165, 1.54) is 23.9 Å². The van der Waals surface area contributed by atoms with Crippen LogP contribution in [0.25, 0.3) is 11.0 Å². The van der Waals surface area contributed by atoms with Gasteiger partial charge in [-0.15, -0.1) is 0 Å². The van der Waals surface area contributed by atoms with E-state index in [0.29, 0.717) is 5.16 Å². The number of aromatic nitrogens is 3. The van der Waals surface area contributed by atoms with Crippen molar-refractivity contribution in [2.75, 3.05) is 11.1 Å². The number of hydrogen-bond acceptors (Lipinski definition) is 4. The largest absolute Gasteiger partial charge is 0.332 e. The summed E-state index contributed by atoms with van der Waals surface area (Å²) in [6.07, 6.45) is 3.33. The van der Waals surface area contributed by atoms with Crippen molar-refractivity contribution in [2.24, 2.45) is 0 Å². The van der Waals surface area contributed by atoms with Crippen molar-refractivity contribution in [3.8, 4) is 0 Å². The highest BCUT2D eigenvalue weighted by Gasteiger charge is 2.09. The summed E-state index contributed by atoms with van der Waals surface area (Å²) in [5.41, 5.74) is 1.79. The van der Waals surface area contributed by atoms with Crippen LogP contribution in [0.3, 0.4) is 0 Å². The number of amides is 1. The lowest BCUT2D eigenvalue weighted by atomic mass is 10.3. The van der Waals surface area contributed by atoms with Crippen molar-refractivity contribution in [3.63, 3.8) is 0 Å². The number of pyridine rings is 1. The molecule has 0 fully saturated rings. The third-order valence-electron chi connectivity index (χ3n) is 2.75. The molecule has 21 heavy (non-hydrogen) atoms. The molecule has 0 aliphatic carbocycles. The van der Waals surface area contributed by atoms with Crippen LogP contribution in [0, 0.1) is 5.82 Å². The number of anilines is 1. The van der Waals surface area contributed by atoms with Gasteiger partial charge < -0.3 is 10.3 Å². The van der Waals surface area contributed by atoms with E-state index >= 15 is 0 Å². The normalized spacial score (nSPS) is 10.7. The number of para-hydroxylation sites is 1. The van der Waals surface area contributed by atoms with E-state index in [0.717, 1.165) is 11.0 Å². The summed E-state index contributed by atoms with van der Waals surface area (Å²) < 4.78 is 13.4. The number of halogens is 1.